The first-order valence-corrected chi connectivity index (χ1v) is 9.54. The van der Waals surface area contributed by atoms with E-state index in [2.05, 4.69) is 30.6 Å². The van der Waals surface area contributed by atoms with Crippen LogP contribution in [0.1, 0.15) is 5.56 Å². The second-order valence-corrected chi connectivity index (χ2v) is 6.74. The SMILES string of the molecule is CNC(=O)C(C#N)=Cc1cccc(-c2cnc3[nH]cc(-c4cncc(NC)n4)c3c2)c1. The molecule has 0 aliphatic rings. The van der Waals surface area contributed by atoms with Crippen LogP contribution in [-0.4, -0.2) is 39.9 Å². The van der Waals surface area contributed by atoms with Crippen molar-refractivity contribution in [3.05, 3.63) is 66.3 Å². The molecule has 0 fully saturated rings. The van der Waals surface area contributed by atoms with Gasteiger partial charge in [0, 0.05) is 43.0 Å². The van der Waals surface area contributed by atoms with Gasteiger partial charge >= 0.3 is 0 Å². The van der Waals surface area contributed by atoms with Gasteiger partial charge in [0.15, 0.2) is 0 Å². The first-order valence-electron chi connectivity index (χ1n) is 9.54. The van der Waals surface area contributed by atoms with Crippen molar-refractivity contribution in [1.82, 2.24) is 25.3 Å². The summed E-state index contributed by atoms with van der Waals surface area (Å²) in [6, 6.07) is 11.6. The smallest absolute Gasteiger partial charge is 0.261 e. The van der Waals surface area contributed by atoms with Gasteiger partial charge in [0.1, 0.15) is 23.1 Å². The average Bonchev–Trinajstić information content (AvgIpc) is 3.25. The Balaban J connectivity index is 1.77. The Hall–Kier alpha value is -4.51. The Labute approximate surface area is 178 Å². The van der Waals surface area contributed by atoms with Crippen LogP contribution in [0.3, 0.4) is 0 Å². The number of anilines is 1. The Morgan fingerprint density at radius 1 is 1.16 bits per heavy atom. The van der Waals surface area contributed by atoms with Crippen molar-refractivity contribution in [3.63, 3.8) is 0 Å². The van der Waals surface area contributed by atoms with Crippen LogP contribution in [-0.2, 0) is 4.79 Å². The molecule has 8 heteroatoms. The third-order valence-corrected chi connectivity index (χ3v) is 4.82. The quantitative estimate of drug-likeness (QED) is 0.343. The number of aromatic amines is 1. The maximum Gasteiger partial charge on any atom is 0.261 e. The van der Waals surface area contributed by atoms with Gasteiger partial charge < -0.3 is 15.6 Å². The Kier molecular flexibility index (Phi) is 5.41. The van der Waals surface area contributed by atoms with E-state index < -0.39 is 5.91 Å². The van der Waals surface area contributed by atoms with Gasteiger partial charge in [-0.1, -0.05) is 18.2 Å². The summed E-state index contributed by atoms with van der Waals surface area (Å²) < 4.78 is 0. The molecule has 4 rings (SSSR count). The number of benzene rings is 1. The van der Waals surface area contributed by atoms with Crippen LogP contribution in [0.25, 0.3) is 39.5 Å². The molecule has 3 aromatic heterocycles. The predicted molar refractivity (Wildman–Crippen MR) is 120 cm³/mol. The molecule has 3 N–H and O–H groups in total. The highest BCUT2D eigenvalue weighted by atomic mass is 16.1. The molecule has 3 heterocycles. The lowest BCUT2D eigenvalue weighted by Crippen LogP contribution is -2.19. The number of hydrogen-bond acceptors (Lipinski definition) is 6. The fourth-order valence-corrected chi connectivity index (χ4v) is 3.25. The maximum absolute atomic E-state index is 11.8. The number of carbonyl (C=O) groups is 1. The molecule has 4 aromatic rings. The zero-order valence-electron chi connectivity index (χ0n) is 17.0. The summed E-state index contributed by atoms with van der Waals surface area (Å²) in [7, 11) is 3.29. The molecular weight excluding hydrogens is 390 g/mol. The number of rotatable bonds is 5. The monoisotopic (exact) mass is 409 g/mol. The molecular formula is C23H19N7O. The van der Waals surface area contributed by atoms with Crippen molar-refractivity contribution in [2.24, 2.45) is 0 Å². The van der Waals surface area contributed by atoms with Gasteiger partial charge in [0.25, 0.3) is 5.91 Å². The minimum Gasteiger partial charge on any atom is -0.372 e. The van der Waals surface area contributed by atoms with Gasteiger partial charge in [0.05, 0.1) is 18.1 Å². The number of pyridine rings is 1. The lowest BCUT2D eigenvalue weighted by atomic mass is 10.0. The number of aromatic nitrogens is 4. The van der Waals surface area contributed by atoms with Crippen molar-refractivity contribution in [2.45, 2.75) is 0 Å². The van der Waals surface area contributed by atoms with E-state index in [1.165, 1.54) is 7.05 Å². The highest BCUT2D eigenvalue weighted by molar-refractivity contribution is 6.01. The van der Waals surface area contributed by atoms with Crippen LogP contribution in [0.4, 0.5) is 5.82 Å². The van der Waals surface area contributed by atoms with Crippen molar-refractivity contribution in [1.29, 1.82) is 5.26 Å². The minimum atomic E-state index is -0.419. The van der Waals surface area contributed by atoms with E-state index in [0.29, 0.717) is 5.82 Å². The number of nitriles is 1. The molecule has 31 heavy (non-hydrogen) atoms. The van der Waals surface area contributed by atoms with Gasteiger partial charge in [-0.3, -0.25) is 9.78 Å². The third-order valence-electron chi connectivity index (χ3n) is 4.82. The van der Waals surface area contributed by atoms with E-state index in [9.17, 15) is 10.1 Å². The lowest BCUT2D eigenvalue weighted by Gasteiger charge is -2.06. The molecule has 0 atom stereocenters. The fourth-order valence-electron chi connectivity index (χ4n) is 3.25. The molecule has 0 bridgehead atoms. The van der Waals surface area contributed by atoms with Crippen LogP contribution in [0.2, 0.25) is 0 Å². The molecule has 0 spiro atoms. The Bertz CT molecular complexity index is 1350. The second-order valence-electron chi connectivity index (χ2n) is 6.74. The van der Waals surface area contributed by atoms with Gasteiger partial charge in [-0.2, -0.15) is 5.26 Å². The number of fused-ring (bicyclic) bond motifs is 1. The zero-order valence-corrected chi connectivity index (χ0v) is 17.0. The van der Waals surface area contributed by atoms with Crippen molar-refractivity contribution >= 4 is 28.8 Å². The highest BCUT2D eigenvalue weighted by Crippen LogP contribution is 2.30. The Morgan fingerprint density at radius 3 is 2.81 bits per heavy atom. The van der Waals surface area contributed by atoms with Crippen molar-refractivity contribution in [3.8, 4) is 28.5 Å². The summed E-state index contributed by atoms with van der Waals surface area (Å²) in [6.45, 7) is 0. The fraction of sp³-hybridized carbons (Fsp3) is 0.0870. The minimum absolute atomic E-state index is 0.0455. The maximum atomic E-state index is 11.8. The number of nitrogens with zero attached hydrogens (tertiary/aromatic N) is 4. The number of amides is 1. The van der Waals surface area contributed by atoms with Crippen LogP contribution in [0.15, 0.2) is 60.7 Å². The van der Waals surface area contributed by atoms with E-state index in [0.717, 1.165) is 39.0 Å². The summed E-state index contributed by atoms with van der Waals surface area (Å²) in [5, 5.41) is 15.6. The van der Waals surface area contributed by atoms with Crippen LogP contribution >= 0.6 is 0 Å². The molecule has 0 saturated carbocycles. The Morgan fingerprint density at radius 2 is 2.03 bits per heavy atom. The number of nitrogens with one attached hydrogen (secondary N) is 3. The second kappa shape index (κ2) is 8.47. The molecule has 152 valence electrons. The van der Waals surface area contributed by atoms with E-state index in [4.69, 9.17) is 0 Å². The van der Waals surface area contributed by atoms with Crippen LogP contribution in [0, 0.1) is 11.3 Å². The lowest BCUT2D eigenvalue weighted by molar-refractivity contribution is -0.116. The van der Waals surface area contributed by atoms with E-state index >= 15 is 0 Å². The molecule has 0 radical (unpaired) electrons. The summed E-state index contributed by atoms with van der Waals surface area (Å²) in [6.07, 6.45) is 8.59. The molecule has 8 nitrogen and oxygen atoms in total. The molecule has 0 aliphatic carbocycles. The first-order chi connectivity index (χ1) is 15.1. The van der Waals surface area contributed by atoms with Gasteiger partial charge in [0.2, 0.25) is 0 Å². The number of hydrogen-bond donors (Lipinski definition) is 3. The molecule has 0 aliphatic heterocycles. The third kappa shape index (κ3) is 3.97. The number of H-pyrrole nitrogens is 1. The van der Waals surface area contributed by atoms with Gasteiger partial charge in [-0.25, -0.2) is 9.97 Å². The predicted octanol–water partition coefficient (Wildman–Crippen LogP) is 3.38. The van der Waals surface area contributed by atoms with Crippen LogP contribution in [0.5, 0.6) is 0 Å². The molecule has 1 aromatic carbocycles. The van der Waals surface area contributed by atoms with Crippen molar-refractivity contribution < 1.29 is 4.79 Å². The summed E-state index contributed by atoms with van der Waals surface area (Å²) in [4.78, 5) is 28.3. The largest absolute Gasteiger partial charge is 0.372 e. The van der Waals surface area contributed by atoms with Crippen molar-refractivity contribution in [2.75, 3.05) is 19.4 Å². The summed E-state index contributed by atoms with van der Waals surface area (Å²) in [5.41, 5.74) is 5.00. The van der Waals surface area contributed by atoms with E-state index in [1.807, 2.05) is 42.6 Å². The highest BCUT2D eigenvalue weighted by Gasteiger charge is 2.12. The van der Waals surface area contributed by atoms with E-state index in [-0.39, 0.29) is 5.57 Å². The normalized spacial score (nSPS) is 11.2. The summed E-state index contributed by atoms with van der Waals surface area (Å²) >= 11 is 0. The van der Waals surface area contributed by atoms with Gasteiger partial charge in [-0.15, -0.1) is 0 Å². The first kappa shape index (κ1) is 19.8. The molecule has 1 amide bonds. The topological polar surface area (TPSA) is 119 Å². The van der Waals surface area contributed by atoms with Crippen LogP contribution < -0.4 is 10.6 Å². The average molecular weight is 409 g/mol. The molecule has 0 unspecified atom stereocenters. The molecule has 0 saturated heterocycles. The summed E-state index contributed by atoms with van der Waals surface area (Å²) in [5.74, 6) is 0.262. The zero-order chi connectivity index (χ0) is 21.8. The number of carbonyl (C=O) groups excluding carboxylic acids is 1. The number of likely N-dealkylation sites (N-methyl/N-ethyl adjacent to an activating group) is 1. The van der Waals surface area contributed by atoms with E-state index in [1.54, 1.807) is 31.7 Å². The standard InChI is InChI=1S/C23H19N7O/c1-25-21-13-27-12-20(30-21)19-11-29-22-18(19)8-17(10-28-22)15-5-3-4-14(6-15)7-16(9-24)23(31)26-2/h3-8,10-13H,1-2H3,(H,25,30)(H,26,31)(H,28,29). The van der Waals surface area contributed by atoms with Gasteiger partial charge in [-0.05, 0) is 29.3 Å².